The number of nitrogens with zero attached hydrogens (tertiary/aromatic N) is 5. The Labute approximate surface area is 221 Å². The molecule has 2 aromatic heterocycles. The van der Waals surface area contributed by atoms with Gasteiger partial charge in [0, 0.05) is 52.2 Å². The van der Waals surface area contributed by atoms with Crippen molar-refractivity contribution >= 4 is 46.2 Å². The molecule has 0 spiro atoms. The van der Waals surface area contributed by atoms with E-state index in [1.54, 1.807) is 13.1 Å². The number of ether oxygens (including phenoxy) is 4. The van der Waals surface area contributed by atoms with Gasteiger partial charge in [0.2, 0.25) is 6.29 Å². The van der Waals surface area contributed by atoms with Gasteiger partial charge in [0.1, 0.15) is 24.0 Å². The lowest BCUT2D eigenvalue weighted by Gasteiger charge is -2.34. The summed E-state index contributed by atoms with van der Waals surface area (Å²) in [5.74, 6) is -0.657. The Morgan fingerprint density at radius 2 is 2.00 bits per heavy atom. The first-order chi connectivity index (χ1) is 18.6. The summed E-state index contributed by atoms with van der Waals surface area (Å²) in [7, 11) is 4.30. The highest BCUT2D eigenvalue weighted by Crippen LogP contribution is 2.35. The van der Waals surface area contributed by atoms with E-state index >= 15 is 0 Å². The zero-order valence-electron chi connectivity index (χ0n) is 21.5. The van der Waals surface area contributed by atoms with Crippen molar-refractivity contribution in [2.75, 3.05) is 31.4 Å². The van der Waals surface area contributed by atoms with Crippen molar-refractivity contribution in [2.24, 2.45) is 0 Å². The molecule has 0 radical (unpaired) electrons. The number of anilines is 2. The molecule has 1 N–H and O–H groups in total. The lowest BCUT2D eigenvalue weighted by molar-refractivity contribution is -0.384. The second-order valence-corrected chi connectivity index (χ2v) is 8.54. The van der Waals surface area contributed by atoms with Gasteiger partial charge in [0.25, 0.3) is 5.69 Å². The molecule has 206 valence electrons. The van der Waals surface area contributed by atoms with E-state index in [9.17, 15) is 24.5 Å². The first kappa shape index (κ1) is 27.3. The molecule has 1 aromatic carbocycles. The number of carbonyl (C=O) groups is 3. The second-order valence-electron chi connectivity index (χ2n) is 8.54. The van der Waals surface area contributed by atoms with E-state index in [0.29, 0.717) is 16.9 Å². The number of nitrogens with one attached hydrogen (secondary N) is 1. The van der Waals surface area contributed by atoms with Crippen LogP contribution in [0.25, 0.3) is 11.0 Å². The number of carbonyl (C=O) groups excluding carboxylic acids is 3. The summed E-state index contributed by atoms with van der Waals surface area (Å²) in [5.41, 5.74) is 0.0792. The first-order valence-corrected chi connectivity index (χ1v) is 11.8. The van der Waals surface area contributed by atoms with Crippen LogP contribution in [0.2, 0.25) is 0 Å². The molecule has 15 heteroatoms. The number of rotatable bonds is 7. The fraction of sp³-hybridized carbons (Fsp3) is 0.375. The molecule has 0 saturated carbocycles. The molecule has 0 unspecified atom stereocenters. The lowest BCUT2D eigenvalue weighted by atomic mass is 10.0. The van der Waals surface area contributed by atoms with Crippen LogP contribution in [0.15, 0.2) is 36.8 Å². The quantitative estimate of drug-likeness (QED) is 0.262. The monoisotopic (exact) mass is 542 g/mol. The summed E-state index contributed by atoms with van der Waals surface area (Å²) < 4.78 is 23.0. The van der Waals surface area contributed by atoms with Crippen molar-refractivity contribution in [1.82, 2.24) is 14.5 Å². The van der Waals surface area contributed by atoms with Crippen molar-refractivity contribution in [3.8, 4) is 5.75 Å². The number of hydrogen-bond donors (Lipinski definition) is 1. The van der Waals surface area contributed by atoms with Gasteiger partial charge < -0.3 is 24.3 Å². The normalized spacial score (nSPS) is 18.7. The Hall–Kier alpha value is -4.79. The number of hydrogen-bond acceptors (Lipinski definition) is 12. The van der Waals surface area contributed by atoms with Gasteiger partial charge in [-0.15, -0.1) is 0 Å². The molecule has 3 heterocycles. The van der Waals surface area contributed by atoms with Crippen LogP contribution < -0.4 is 15.0 Å². The van der Waals surface area contributed by atoms with E-state index < -0.39 is 41.4 Å². The number of benzene rings is 1. The van der Waals surface area contributed by atoms with Gasteiger partial charge in [-0.3, -0.25) is 24.4 Å². The van der Waals surface area contributed by atoms with Gasteiger partial charge in [-0.25, -0.2) is 19.6 Å². The fourth-order valence-electron chi connectivity index (χ4n) is 4.23. The molecule has 39 heavy (non-hydrogen) atoms. The van der Waals surface area contributed by atoms with E-state index in [2.05, 4.69) is 15.3 Å². The Morgan fingerprint density at radius 1 is 1.23 bits per heavy atom. The average Bonchev–Trinajstić information content (AvgIpc) is 3.35. The maximum absolute atomic E-state index is 13.5. The number of aromatic nitrogens is 3. The molecule has 1 aliphatic heterocycles. The largest absolute Gasteiger partial charge is 0.467 e. The van der Waals surface area contributed by atoms with E-state index in [0.717, 1.165) is 4.90 Å². The summed E-state index contributed by atoms with van der Waals surface area (Å²) in [6.45, 7) is 1.24. The van der Waals surface area contributed by atoms with Crippen molar-refractivity contribution in [2.45, 2.75) is 38.3 Å². The Kier molecular flexibility index (Phi) is 7.90. The predicted molar refractivity (Wildman–Crippen MR) is 135 cm³/mol. The third-order valence-electron chi connectivity index (χ3n) is 6.03. The highest BCUT2D eigenvalue weighted by Gasteiger charge is 2.38. The van der Waals surface area contributed by atoms with Crippen LogP contribution in [-0.4, -0.2) is 77.1 Å². The molecule has 1 fully saturated rings. The number of nitro benzene ring substituents is 1. The maximum atomic E-state index is 13.5. The van der Waals surface area contributed by atoms with Crippen molar-refractivity contribution in [3.05, 3.63) is 46.9 Å². The first-order valence-electron chi connectivity index (χ1n) is 11.8. The van der Waals surface area contributed by atoms with E-state index in [1.807, 2.05) is 0 Å². The van der Waals surface area contributed by atoms with Crippen LogP contribution in [0.5, 0.6) is 5.75 Å². The minimum absolute atomic E-state index is 0.0479. The summed E-state index contributed by atoms with van der Waals surface area (Å²) in [6.07, 6.45) is 0.0459. The van der Waals surface area contributed by atoms with Crippen LogP contribution in [-0.2, 0) is 23.8 Å². The zero-order chi connectivity index (χ0) is 28.3. The maximum Gasteiger partial charge on any atom is 0.335 e. The van der Waals surface area contributed by atoms with Crippen molar-refractivity contribution < 1.29 is 38.3 Å². The van der Waals surface area contributed by atoms with Gasteiger partial charge in [0.15, 0.2) is 11.8 Å². The molecule has 3 aromatic rings. The fourth-order valence-corrected chi connectivity index (χ4v) is 4.23. The van der Waals surface area contributed by atoms with Gasteiger partial charge >= 0.3 is 18.0 Å². The molecule has 0 aliphatic carbocycles. The summed E-state index contributed by atoms with van der Waals surface area (Å²) in [4.78, 5) is 57.7. The van der Waals surface area contributed by atoms with Crippen LogP contribution >= 0.6 is 0 Å². The van der Waals surface area contributed by atoms with E-state index in [-0.39, 0.29) is 30.0 Å². The third-order valence-corrected chi connectivity index (χ3v) is 6.03. The minimum Gasteiger partial charge on any atom is -0.467 e. The topological polar surface area (TPSA) is 177 Å². The summed E-state index contributed by atoms with van der Waals surface area (Å²) in [6, 6.07) is 4.77. The molecular formula is C24H26N6O9. The second kappa shape index (κ2) is 11.3. The molecular weight excluding hydrogens is 516 g/mol. The molecule has 1 aliphatic rings. The summed E-state index contributed by atoms with van der Waals surface area (Å²) in [5, 5.41) is 15.0. The highest BCUT2D eigenvalue weighted by atomic mass is 16.7. The van der Waals surface area contributed by atoms with Crippen LogP contribution in [0.1, 0.15) is 19.8 Å². The van der Waals surface area contributed by atoms with E-state index in [4.69, 9.17) is 18.9 Å². The van der Waals surface area contributed by atoms with Gasteiger partial charge in [-0.2, -0.15) is 0 Å². The van der Waals surface area contributed by atoms with Crippen LogP contribution in [0, 0.1) is 10.1 Å². The molecule has 4 rings (SSSR count). The van der Waals surface area contributed by atoms with Crippen LogP contribution in [0.4, 0.5) is 22.0 Å². The SMILES string of the molecule is CNc1ncnc2c1ccn2C(=O)N(C)c1cc([N+](=O)[O-])ccc1O[C@H]1C[C@@H](OC(C)=O)C[C@@H](C(=O)OC)O1. The van der Waals surface area contributed by atoms with Crippen molar-refractivity contribution in [1.29, 1.82) is 0 Å². The number of fused-ring (bicyclic) bond motifs is 1. The molecule has 1 amide bonds. The predicted octanol–water partition coefficient (Wildman–Crippen LogP) is 2.47. The minimum atomic E-state index is -1.10. The number of esters is 2. The Bertz CT molecular complexity index is 1420. The molecule has 3 atom stereocenters. The Balaban J connectivity index is 1.67. The van der Waals surface area contributed by atoms with E-state index in [1.165, 1.54) is 56.4 Å². The molecule has 1 saturated heterocycles. The molecule has 0 bridgehead atoms. The Morgan fingerprint density at radius 3 is 2.67 bits per heavy atom. The lowest BCUT2D eigenvalue weighted by Crippen LogP contribution is -2.44. The van der Waals surface area contributed by atoms with Crippen LogP contribution in [0.3, 0.4) is 0 Å². The van der Waals surface area contributed by atoms with Gasteiger partial charge in [0.05, 0.1) is 23.1 Å². The number of methoxy groups -OCH3 is 1. The van der Waals surface area contributed by atoms with Gasteiger partial charge in [-0.05, 0) is 12.1 Å². The summed E-state index contributed by atoms with van der Waals surface area (Å²) >= 11 is 0. The highest BCUT2D eigenvalue weighted by molar-refractivity contribution is 6.01. The van der Waals surface area contributed by atoms with Gasteiger partial charge in [-0.1, -0.05) is 0 Å². The molecule has 15 nitrogen and oxygen atoms in total. The number of amides is 1. The number of non-ortho nitro benzene ring substituents is 1. The smallest absolute Gasteiger partial charge is 0.335 e. The number of nitro groups is 1. The van der Waals surface area contributed by atoms with Crippen molar-refractivity contribution in [3.63, 3.8) is 0 Å². The average molecular weight is 543 g/mol. The zero-order valence-corrected chi connectivity index (χ0v) is 21.5. The standard InChI is InChI=1S/C24H26N6O9/c1-13(31)37-15-10-19(23(32)36-4)39-20(11-15)38-18-6-5-14(30(34)35)9-17(18)28(3)24(33)29-8-7-16-21(25-2)26-12-27-22(16)29/h5-9,12,15,19-20H,10-11H2,1-4H3,(H,25,26,27)/t15-,19-,20+/m0/s1. The third kappa shape index (κ3) is 5.72.